The number of ether oxygens (including phenoxy) is 5. The van der Waals surface area contributed by atoms with Gasteiger partial charge in [-0.2, -0.15) is 17.0 Å². The van der Waals surface area contributed by atoms with Crippen LogP contribution in [0.15, 0.2) is 6.07 Å². The predicted octanol–water partition coefficient (Wildman–Crippen LogP) is 4.09. The normalized spacial score (nSPS) is 25.5. The number of aliphatic hydroxyl groups excluding tert-OH is 1. The maximum absolute atomic E-state index is 13.6. The first-order chi connectivity index (χ1) is 24.1. The molecule has 6 rings (SSSR count). The zero-order valence-corrected chi connectivity index (χ0v) is 31.3. The van der Waals surface area contributed by atoms with Crippen molar-refractivity contribution in [2.24, 2.45) is 0 Å². The quantitative estimate of drug-likeness (QED) is 0.222. The van der Waals surface area contributed by atoms with Crippen LogP contribution in [0.5, 0.6) is 28.7 Å². The number of carbonyl (C=O) groups is 2. The number of carbonyl (C=O) groups excluding carboxylic acids is 2. The average Bonchev–Trinajstić information content (AvgIpc) is 3.56. The fraction of sp³-hybridized carbons (Fsp3) is 0.545. The lowest BCUT2D eigenvalue weighted by atomic mass is 9.70. The number of hydrogen-bond donors (Lipinski definition) is 4. The number of aromatic hydroxyl groups is 2. The van der Waals surface area contributed by atoms with Gasteiger partial charge in [0.2, 0.25) is 10.6 Å². The van der Waals surface area contributed by atoms with E-state index in [0.29, 0.717) is 28.7 Å². The molecule has 51 heavy (non-hydrogen) atoms. The first kappa shape index (κ1) is 37.5. The van der Waals surface area contributed by atoms with Crippen LogP contribution in [-0.2, 0) is 20.7 Å². The number of methoxy groups -OCH3 is 1. The van der Waals surface area contributed by atoms with Gasteiger partial charge < -0.3 is 44.3 Å². The monoisotopic (exact) mass is 786 g/mol. The fourth-order valence-electron chi connectivity index (χ4n) is 7.95. The van der Waals surface area contributed by atoms with Gasteiger partial charge in [-0.1, -0.05) is 40.9 Å². The molecular weight excluding hydrogens is 751 g/mol. The van der Waals surface area contributed by atoms with Crippen LogP contribution >= 0.6 is 46.6 Å². The third-order valence-electron chi connectivity index (χ3n) is 10.0. The van der Waals surface area contributed by atoms with Crippen LogP contribution in [-0.4, -0.2) is 111 Å². The van der Waals surface area contributed by atoms with Crippen molar-refractivity contribution in [3.05, 3.63) is 39.4 Å². The molecule has 0 aliphatic carbocycles. The molecule has 0 saturated carbocycles. The molecule has 0 aromatic heterocycles. The number of amides is 1. The van der Waals surface area contributed by atoms with Crippen LogP contribution in [0.3, 0.4) is 0 Å². The predicted molar refractivity (Wildman–Crippen MR) is 187 cm³/mol. The molecule has 2 bridgehead atoms. The molecule has 14 nitrogen and oxygen atoms in total. The van der Waals surface area contributed by atoms with E-state index in [1.807, 2.05) is 24.9 Å². The number of alkyl halides is 3. The second-order valence-corrected chi connectivity index (χ2v) is 16.3. The van der Waals surface area contributed by atoms with E-state index in [1.54, 1.807) is 18.1 Å². The summed E-state index contributed by atoms with van der Waals surface area (Å²) in [6.07, 6.45) is -0.313. The molecule has 2 aromatic rings. The number of aryl methyl sites for hydroxylation is 1. The molecule has 4 N–H and O–H groups in total. The maximum atomic E-state index is 13.6. The van der Waals surface area contributed by atoms with E-state index in [0.717, 1.165) is 5.56 Å². The lowest BCUT2D eigenvalue weighted by Crippen LogP contribution is -2.69. The molecule has 1 amide bonds. The minimum atomic E-state index is -1.86. The number of nitrogens with zero attached hydrogens (tertiary/aromatic N) is 3. The number of nitrogens with one attached hydrogen (secondary N) is 1. The Kier molecular flexibility index (Phi) is 10.5. The first-order valence-corrected chi connectivity index (χ1v) is 18.4. The summed E-state index contributed by atoms with van der Waals surface area (Å²) in [5.74, 6) is -0.252. The Morgan fingerprint density at radius 3 is 2.51 bits per heavy atom. The number of thioether (sulfide) groups is 1. The smallest absolute Gasteiger partial charge is 0.408 e. The van der Waals surface area contributed by atoms with Crippen molar-refractivity contribution in [3.8, 4) is 34.8 Å². The summed E-state index contributed by atoms with van der Waals surface area (Å²) in [4.78, 5) is 29.9. The number of fused-ring (bicyclic) bond motifs is 9. The summed E-state index contributed by atoms with van der Waals surface area (Å²) < 4.78 is 26.2. The summed E-state index contributed by atoms with van der Waals surface area (Å²) in [5.41, 5.74) is 2.81. The summed E-state index contributed by atoms with van der Waals surface area (Å²) in [6, 6.07) is -0.752. The van der Waals surface area contributed by atoms with Crippen LogP contribution in [0.2, 0.25) is 0 Å². The number of phenolic OH excluding ortho intramolecular Hbond substituents is 2. The van der Waals surface area contributed by atoms with E-state index in [2.05, 4.69) is 11.4 Å². The van der Waals surface area contributed by atoms with Crippen LogP contribution in [0, 0.1) is 25.2 Å². The number of phenols is 2. The second kappa shape index (κ2) is 14.3. The van der Waals surface area contributed by atoms with Crippen molar-refractivity contribution in [3.63, 3.8) is 0 Å². The SMILES string of the molecule is COc1c(C)cc2c(c1O)[C@@H]1[C@@H]3C(O)c4c(O)c(C)c5c(c4[C@H](COC(=O)[C@H](CSC)NC(=O)OCC(Cl)(Cl)Cl)N3[C@@H](C#N)[C@H](C2)N1C)OCO5. The number of aliphatic hydroxyl groups is 1. The topological polar surface area (TPSA) is 183 Å². The number of hydrogen-bond acceptors (Lipinski definition) is 14. The van der Waals surface area contributed by atoms with Crippen molar-refractivity contribution in [1.82, 2.24) is 15.1 Å². The van der Waals surface area contributed by atoms with E-state index >= 15 is 0 Å². The fourth-order valence-corrected chi connectivity index (χ4v) is 8.67. The third-order valence-corrected chi connectivity index (χ3v) is 11.0. The molecular formula is C33H37Cl3N4O10S. The standard InChI is InChI=1S/C33H37Cl3N4O10S/c1-13-6-15-7-17-18(8-37)40-19(9-47-31(44)16(10-51-5)38-32(45)48-11-33(34,35)36)21-22(25(41)14(2)29-30(21)50-12-49-29)26(42)24(40)23(39(17)3)20(15)27(43)28(13)46-4/h6,16-19,23-24,26,41-43H,7,9-12H2,1-5H3,(H,38,45)/t16-,17-,18-,19-,23+,24+,26?/m0/s1. The number of piperazine rings is 1. The number of esters is 1. The van der Waals surface area contributed by atoms with Gasteiger partial charge in [0.25, 0.3) is 0 Å². The lowest BCUT2D eigenvalue weighted by molar-refractivity contribution is -0.156. The van der Waals surface area contributed by atoms with Gasteiger partial charge in [-0.15, -0.1) is 0 Å². The van der Waals surface area contributed by atoms with E-state index in [9.17, 15) is 30.2 Å². The summed E-state index contributed by atoms with van der Waals surface area (Å²) in [7, 11) is 3.29. The van der Waals surface area contributed by atoms with E-state index in [-0.39, 0.29) is 53.5 Å². The van der Waals surface area contributed by atoms with Crippen LogP contribution in [0.1, 0.15) is 51.6 Å². The molecule has 7 atom stereocenters. The van der Waals surface area contributed by atoms with Gasteiger partial charge in [-0.3, -0.25) is 9.80 Å². The molecule has 1 unspecified atom stereocenters. The molecule has 1 fully saturated rings. The number of benzene rings is 2. The molecule has 2 aromatic carbocycles. The van der Waals surface area contributed by atoms with E-state index in [4.69, 9.17) is 58.5 Å². The molecule has 4 heterocycles. The van der Waals surface area contributed by atoms with Crippen molar-refractivity contribution >= 4 is 58.6 Å². The van der Waals surface area contributed by atoms with Crippen molar-refractivity contribution < 1.29 is 48.6 Å². The van der Waals surface area contributed by atoms with E-state index < -0.39 is 64.8 Å². The summed E-state index contributed by atoms with van der Waals surface area (Å²) >= 11 is 18.3. The van der Waals surface area contributed by atoms with Gasteiger partial charge in [0.1, 0.15) is 37.2 Å². The van der Waals surface area contributed by atoms with Gasteiger partial charge in [-0.25, -0.2) is 9.59 Å². The summed E-state index contributed by atoms with van der Waals surface area (Å²) in [6.45, 7) is 2.34. The Morgan fingerprint density at radius 1 is 1.16 bits per heavy atom. The van der Waals surface area contributed by atoms with E-state index in [1.165, 1.54) is 18.9 Å². The largest absolute Gasteiger partial charge is 0.507 e. The molecule has 4 aliphatic heterocycles. The van der Waals surface area contributed by atoms with Crippen LogP contribution in [0.4, 0.5) is 4.79 Å². The zero-order valence-electron chi connectivity index (χ0n) is 28.2. The Hall–Kier alpha value is -3.23. The first-order valence-electron chi connectivity index (χ1n) is 15.9. The highest BCUT2D eigenvalue weighted by molar-refractivity contribution is 7.98. The van der Waals surface area contributed by atoms with Crippen molar-refractivity contribution in [1.29, 1.82) is 5.26 Å². The number of rotatable bonds is 8. The number of alkyl carbamates (subject to hydrolysis) is 1. The van der Waals surface area contributed by atoms with Gasteiger partial charge in [0.05, 0.1) is 31.3 Å². The Labute approximate surface area is 313 Å². The second-order valence-electron chi connectivity index (χ2n) is 12.8. The molecule has 4 aliphatic rings. The number of likely N-dealkylation sites (N-methyl/N-ethyl adjacent to an activating group) is 1. The van der Waals surface area contributed by atoms with Crippen molar-refractivity contribution in [2.45, 2.75) is 66.4 Å². The zero-order chi connectivity index (χ0) is 37.1. The number of halogens is 3. The third kappa shape index (κ3) is 6.43. The van der Waals surface area contributed by atoms with Gasteiger partial charge >= 0.3 is 12.1 Å². The van der Waals surface area contributed by atoms with Gasteiger partial charge in [0.15, 0.2) is 23.0 Å². The molecule has 1 saturated heterocycles. The highest BCUT2D eigenvalue weighted by Gasteiger charge is 2.60. The maximum Gasteiger partial charge on any atom is 0.408 e. The Balaban J connectivity index is 1.45. The molecule has 276 valence electrons. The van der Waals surface area contributed by atoms with Crippen LogP contribution < -0.4 is 19.5 Å². The highest BCUT2D eigenvalue weighted by Crippen LogP contribution is 2.61. The minimum Gasteiger partial charge on any atom is -0.507 e. The average molecular weight is 788 g/mol. The van der Waals surface area contributed by atoms with Crippen molar-refractivity contribution in [2.75, 3.05) is 46.2 Å². The molecule has 0 radical (unpaired) electrons. The molecule has 0 spiro atoms. The molecule has 18 heteroatoms. The Morgan fingerprint density at radius 2 is 1.86 bits per heavy atom. The van der Waals surface area contributed by atoms with Gasteiger partial charge in [0, 0.05) is 34.0 Å². The van der Waals surface area contributed by atoms with Gasteiger partial charge in [-0.05, 0) is 44.7 Å². The highest BCUT2D eigenvalue weighted by atomic mass is 35.6. The Bertz CT molecular complexity index is 1790. The lowest BCUT2D eigenvalue weighted by Gasteiger charge is -2.60. The minimum absolute atomic E-state index is 0.0853. The summed E-state index contributed by atoms with van der Waals surface area (Å²) in [5, 5.41) is 48.9. The number of nitriles is 1. The van der Waals surface area contributed by atoms with Crippen LogP contribution in [0.25, 0.3) is 0 Å².